The number of pyridine rings is 1. The van der Waals surface area contributed by atoms with E-state index in [2.05, 4.69) is 36.0 Å². The Balaban J connectivity index is 1.70. The Kier molecular flexibility index (Phi) is 5.50. The van der Waals surface area contributed by atoms with E-state index in [0.717, 1.165) is 50.4 Å². The van der Waals surface area contributed by atoms with Crippen molar-refractivity contribution in [3.63, 3.8) is 0 Å². The highest BCUT2D eigenvalue weighted by atomic mass is 16.2. The fourth-order valence-corrected chi connectivity index (χ4v) is 4.06. The number of urea groups is 1. The molecule has 0 aliphatic carbocycles. The molecule has 0 saturated carbocycles. The van der Waals surface area contributed by atoms with Gasteiger partial charge in [-0.2, -0.15) is 0 Å². The van der Waals surface area contributed by atoms with Crippen LogP contribution in [-0.2, 0) is 0 Å². The molecule has 0 radical (unpaired) electrons. The summed E-state index contributed by atoms with van der Waals surface area (Å²) in [5, 5.41) is 3.15. The standard InChI is InChI=1S/C20H32N4O/c1-20(2,3)15-16-9-8-14-24(16)19(25)22-17-10-7-11-21-18(17)23-12-5-4-6-13-23/h7,10-11,16H,4-6,8-9,12-15H2,1-3H3,(H,22,25). The summed E-state index contributed by atoms with van der Waals surface area (Å²) in [5.74, 6) is 0.919. The summed E-state index contributed by atoms with van der Waals surface area (Å²) in [6, 6.07) is 4.25. The van der Waals surface area contributed by atoms with Crippen molar-refractivity contribution >= 4 is 17.5 Å². The maximum atomic E-state index is 12.9. The van der Waals surface area contributed by atoms with E-state index in [4.69, 9.17) is 0 Å². The summed E-state index contributed by atoms with van der Waals surface area (Å²) in [4.78, 5) is 21.8. The zero-order valence-electron chi connectivity index (χ0n) is 15.9. The minimum Gasteiger partial charge on any atom is -0.355 e. The number of amides is 2. The lowest BCUT2D eigenvalue weighted by molar-refractivity contribution is 0.187. The molecule has 25 heavy (non-hydrogen) atoms. The number of likely N-dealkylation sites (tertiary alicyclic amines) is 1. The van der Waals surface area contributed by atoms with Gasteiger partial charge in [0, 0.05) is 31.9 Å². The Labute approximate surface area is 151 Å². The van der Waals surface area contributed by atoms with Crippen LogP contribution in [0.4, 0.5) is 16.3 Å². The van der Waals surface area contributed by atoms with E-state index in [9.17, 15) is 4.79 Å². The molecule has 2 amide bonds. The van der Waals surface area contributed by atoms with Crippen molar-refractivity contribution in [3.05, 3.63) is 18.3 Å². The van der Waals surface area contributed by atoms with Crippen LogP contribution in [0.2, 0.25) is 0 Å². The van der Waals surface area contributed by atoms with Crippen molar-refractivity contribution in [3.8, 4) is 0 Å². The molecule has 1 N–H and O–H groups in total. The summed E-state index contributed by atoms with van der Waals surface area (Å²) < 4.78 is 0. The Hall–Kier alpha value is -1.78. The maximum Gasteiger partial charge on any atom is 0.322 e. The third-order valence-corrected chi connectivity index (χ3v) is 5.17. The van der Waals surface area contributed by atoms with Crippen LogP contribution in [-0.4, -0.2) is 41.6 Å². The van der Waals surface area contributed by atoms with Crippen molar-refractivity contribution in [1.82, 2.24) is 9.88 Å². The average molecular weight is 345 g/mol. The molecule has 5 heteroatoms. The summed E-state index contributed by atoms with van der Waals surface area (Å²) in [6.07, 6.45) is 8.75. The van der Waals surface area contributed by atoms with Crippen LogP contribution < -0.4 is 10.2 Å². The molecule has 5 nitrogen and oxygen atoms in total. The van der Waals surface area contributed by atoms with Gasteiger partial charge in [-0.15, -0.1) is 0 Å². The number of piperidine rings is 1. The topological polar surface area (TPSA) is 48.5 Å². The number of nitrogens with one attached hydrogen (secondary N) is 1. The molecule has 1 aromatic heterocycles. The van der Waals surface area contributed by atoms with E-state index in [0.29, 0.717) is 6.04 Å². The Morgan fingerprint density at radius 3 is 2.68 bits per heavy atom. The number of carbonyl (C=O) groups is 1. The van der Waals surface area contributed by atoms with E-state index in [-0.39, 0.29) is 11.4 Å². The number of hydrogen-bond donors (Lipinski definition) is 1. The lowest BCUT2D eigenvalue weighted by Crippen LogP contribution is -2.41. The van der Waals surface area contributed by atoms with E-state index >= 15 is 0 Å². The molecule has 2 saturated heterocycles. The molecule has 0 aromatic carbocycles. The van der Waals surface area contributed by atoms with Crippen LogP contribution in [0.3, 0.4) is 0 Å². The summed E-state index contributed by atoms with van der Waals surface area (Å²) >= 11 is 0. The molecule has 1 unspecified atom stereocenters. The highest BCUT2D eigenvalue weighted by Gasteiger charge is 2.32. The maximum absolute atomic E-state index is 12.9. The van der Waals surface area contributed by atoms with Crippen molar-refractivity contribution in [1.29, 1.82) is 0 Å². The predicted molar refractivity (Wildman–Crippen MR) is 103 cm³/mol. The molecule has 1 atom stereocenters. The van der Waals surface area contributed by atoms with Gasteiger partial charge in [-0.25, -0.2) is 9.78 Å². The van der Waals surface area contributed by atoms with Gasteiger partial charge in [0.1, 0.15) is 0 Å². The van der Waals surface area contributed by atoms with Crippen LogP contribution in [0.1, 0.15) is 59.3 Å². The number of carbonyl (C=O) groups excluding carboxylic acids is 1. The molecule has 0 spiro atoms. The number of hydrogen-bond acceptors (Lipinski definition) is 3. The Bertz CT molecular complexity index is 590. The van der Waals surface area contributed by atoms with Crippen molar-refractivity contribution in [2.24, 2.45) is 5.41 Å². The van der Waals surface area contributed by atoms with Gasteiger partial charge >= 0.3 is 6.03 Å². The quantitative estimate of drug-likeness (QED) is 0.878. The number of aromatic nitrogens is 1. The fraction of sp³-hybridized carbons (Fsp3) is 0.700. The summed E-state index contributed by atoms with van der Waals surface area (Å²) in [5.41, 5.74) is 1.08. The van der Waals surface area contributed by atoms with Gasteiger partial charge in [0.05, 0.1) is 5.69 Å². The predicted octanol–water partition coefficient (Wildman–Crippen LogP) is 4.50. The van der Waals surface area contributed by atoms with Crippen molar-refractivity contribution in [2.75, 3.05) is 29.9 Å². The second-order valence-electron chi connectivity index (χ2n) is 8.61. The molecule has 1 aromatic rings. The zero-order chi connectivity index (χ0) is 17.9. The van der Waals surface area contributed by atoms with Gasteiger partial charge in [0.25, 0.3) is 0 Å². The molecule has 3 heterocycles. The van der Waals surface area contributed by atoms with Gasteiger partial charge in [-0.05, 0) is 56.1 Å². The van der Waals surface area contributed by atoms with E-state index in [1.165, 1.54) is 19.3 Å². The van der Waals surface area contributed by atoms with Crippen LogP contribution in [0.25, 0.3) is 0 Å². The first-order chi connectivity index (χ1) is 11.9. The van der Waals surface area contributed by atoms with Crippen molar-refractivity contribution < 1.29 is 4.79 Å². The third kappa shape index (κ3) is 4.65. The molecular weight excluding hydrogens is 312 g/mol. The van der Waals surface area contributed by atoms with Crippen LogP contribution in [0.15, 0.2) is 18.3 Å². The van der Waals surface area contributed by atoms with E-state index in [1.807, 2.05) is 23.2 Å². The van der Waals surface area contributed by atoms with Crippen molar-refractivity contribution in [2.45, 2.75) is 65.3 Å². The van der Waals surface area contributed by atoms with Gasteiger partial charge in [0.15, 0.2) is 5.82 Å². The molecule has 2 aliphatic heterocycles. The molecule has 2 aliphatic rings. The normalized spacial score (nSPS) is 21.5. The van der Waals surface area contributed by atoms with Crippen LogP contribution in [0, 0.1) is 5.41 Å². The fourth-order valence-electron chi connectivity index (χ4n) is 4.06. The van der Waals surface area contributed by atoms with Gasteiger partial charge < -0.3 is 15.1 Å². The van der Waals surface area contributed by atoms with E-state index in [1.54, 1.807) is 0 Å². The largest absolute Gasteiger partial charge is 0.355 e. The monoisotopic (exact) mass is 344 g/mol. The highest BCUT2D eigenvalue weighted by Crippen LogP contribution is 2.31. The van der Waals surface area contributed by atoms with Gasteiger partial charge in [0.2, 0.25) is 0 Å². The SMILES string of the molecule is CC(C)(C)CC1CCCN1C(=O)Nc1cccnc1N1CCCCC1. The molecular formula is C20H32N4O. The zero-order valence-corrected chi connectivity index (χ0v) is 15.9. The minimum absolute atomic E-state index is 0.0259. The minimum atomic E-state index is 0.0259. The van der Waals surface area contributed by atoms with Gasteiger partial charge in [-0.3, -0.25) is 0 Å². The second kappa shape index (κ2) is 7.63. The van der Waals surface area contributed by atoms with Crippen LogP contribution >= 0.6 is 0 Å². The van der Waals surface area contributed by atoms with Crippen LogP contribution in [0.5, 0.6) is 0 Å². The first-order valence-electron chi connectivity index (χ1n) is 9.72. The number of rotatable bonds is 3. The summed E-state index contributed by atoms with van der Waals surface area (Å²) in [6.45, 7) is 9.64. The second-order valence-corrected chi connectivity index (χ2v) is 8.61. The number of anilines is 2. The Morgan fingerprint density at radius 2 is 1.96 bits per heavy atom. The smallest absolute Gasteiger partial charge is 0.322 e. The molecule has 3 rings (SSSR count). The highest BCUT2D eigenvalue weighted by molar-refractivity contribution is 5.92. The average Bonchev–Trinajstić information content (AvgIpc) is 3.02. The summed E-state index contributed by atoms with van der Waals surface area (Å²) in [7, 11) is 0. The first kappa shape index (κ1) is 18.0. The first-order valence-corrected chi connectivity index (χ1v) is 9.72. The third-order valence-electron chi connectivity index (χ3n) is 5.17. The molecule has 2 fully saturated rings. The van der Waals surface area contributed by atoms with E-state index < -0.39 is 0 Å². The molecule has 0 bridgehead atoms. The van der Waals surface area contributed by atoms with Gasteiger partial charge in [-0.1, -0.05) is 20.8 Å². The Morgan fingerprint density at radius 1 is 1.20 bits per heavy atom. The lowest BCUT2D eigenvalue weighted by Gasteiger charge is -2.32. The molecule has 138 valence electrons. The number of nitrogens with zero attached hydrogens (tertiary/aromatic N) is 3. The lowest BCUT2D eigenvalue weighted by atomic mass is 9.87.